The van der Waals surface area contributed by atoms with E-state index in [2.05, 4.69) is 51.0 Å². The van der Waals surface area contributed by atoms with E-state index in [1.165, 1.54) is 43.7 Å². The summed E-state index contributed by atoms with van der Waals surface area (Å²) in [6.45, 7) is 4.68. The Kier molecular flexibility index (Phi) is 3.52. The van der Waals surface area contributed by atoms with Gasteiger partial charge in [-0.15, -0.1) is 0 Å². The molecule has 2 heterocycles. The predicted octanol–water partition coefficient (Wildman–Crippen LogP) is 3.25. The minimum atomic E-state index is 0.719. The fourth-order valence-electron chi connectivity index (χ4n) is 3.49. The van der Waals surface area contributed by atoms with Gasteiger partial charge in [-0.2, -0.15) is 0 Å². The van der Waals surface area contributed by atoms with Crippen LogP contribution in [0.5, 0.6) is 0 Å². The molecule has 1 aromatic carbocycles. The van der Waals surface area contributed by atoms with E-state index in [4.69, 9.17) is 0 Å². The normalized spacial score (nSPS) is 22.8. The molecule has 3 nitrogen and oxygen atoms in total. The number of hydrogen-bond donors (Lipinski definition) is 0. The van der Waals surface area contributed by atoms with E-state index in [1.807, 2.05) is 6.20 Å². The van der Waals surface area contributed by atoms with Gasteiger partial charge >= 0.3 is 0 Å². The highest BCUT2D eigenvalue weighted by molar-refractivity contribution is 5.21. The van der Waals surface area contributed by atoms with Crippen LogP contribution < -0.4 is 0 Å². The first kappa shape index (κ1) is 13.1. The van der Waals surface area contributed by atoms with Crippen molar-refractivity contribution in [3.8, 4) is 0 Å². The Morgan fingerprint density at radius 2 is 1.86 bits per heavy atom. The summed E-state index contributed by atoms with van der Waals surface area (Å²) in [6, 6.07) is 11.0. The molecule has 1 atom stereocenters. The molecular formula is C18H23N3. The smallest absolute Gasteiger partial charge is 0.111 e. The fourth-order valence-corrected chi connectivity index (χ4v) is 3.49. The maximum absolute atomic E-state index is 4.53. The van der Waals surface area contributed by atoms with Crippen LogP contribution in [0, 0.1) is 0 Å². The molecule has 3 heteroatoms. The zero-order valence-electron chi connectivity index (χ0n) is 12.5. The molecule has 0 bridgehead atoms. The monoisotopic (exact) mass is 281 g/mol. The van der Waals surface area contributed by atoms with E-state index in [-0.39, 0.29) is 0 Å². The average Bonchev–Trinajstić information content (AvgIpc) is 3.09. The lowest BCUT2D eigenvalue weighted by Gasteiger charge is -2.17. The van der Waals surface area contributed by atoms with E-state index >= 15 is 0 Å². The van der Waals surface area contributed by atoms with Crippen molar-refractivity contribution in [1.82, 2.24) is 14.5 Å². The van der Waals surface area contributed by atoms with Crippen molar-refractivity contribution >= 4 is 0 Å². The molecule has 1 aromatic heterocycles. The summed E-state index contributed by atoms with van der Waals surface area (Å²) >= 11 is 0. The summed E-state index contributed by atoms with van der Waals surface area (Å²) in [5.74, 6) is 2.78. The Labute approximate surface area is 126 Å². The third-order valence-corrected chi connectivity index (χ3v) is 4.89. The molecular weight excluding hydrogens is 258 g/mol. The van der Waals surface area contributed by atoms with Gasteiger partial charge in [0.1, 0.15) is 5.82 Å². The van der Waals surface area contributed by atoms with Gasteiger partial charge in [0.2, 0.25) is 0 Å². The van der Waals surface area contributed by atoms with Gasteiger partial charge in [-0.1, -0.05) is 30.3 Å². The van der Waals surface area contributed by atoms with Crippen LogP contribution in [0.15, 0.2) is 42.7 Å². The number of nitrogens with zero attached hydrogens (tertiary/aromatic N) is 3. The summed E-state index contributed by atoms with van der Waals surface area (Å²) in [5.41, 5.74) is 1.50. The molecule has 2 aromatic rings. The summed E-state index contributed by atoms with van der Waals surface area (Å²) in [5, 5.41) is 0. The van der Waals surface area contributed by atoms with E-state index in [9.17, 15) is 0 Å². The SMILES string of the molecule is c1ccc([C@H]2CCN(CCn3ccnc3C3CC3)C2)cc1. The van der Waals surface area contributed by atoms with Crippen molar-refractivity contribution < 1.29 is 0 Å². The van der Waals surface area contributed by atoms with Crippen LogP contribution in [0.2, 0.25) is 0 Å². The number of imidazole rings is 1. The van der Waals surface area contributed by atoms with Crippen LogP contribution >= 0.6 is 0 Å². The van der Waals surface area contributed by atoms with Crippen molar-refractivity contribution in [3.63, 3.8) is 0 Å². The molecule has 21 heavy (non-hydrogen) atoms. The maximum Gasteiger partial charge on any atom is 0.111 e. The lowest BCUT2D eigenvalue weighted by molar-refractivity contribution is 0.316. The molecule has 0 amide bonds. The van der Waals surface area contributed by atoms with E-state index < -0.39 is 0 Å². The van der Waals surface area contributed by atoms with E-state index in [0.29, 0.717) is 0 Å². The van der Waals surface area contributed by atoms with Crippen molar-refractivity contribution in [2.75, 3.05) is 19.6 Å². The maximum atomic E-state index is 4.53. The van der Waals surface area contributed by atoms with Crippen LogP contribution in [0.1, 0.15) is 42.5 Å². The van der Waals surface area contributed by atoms with Crippen molar-refractivity contribution in [2.24, 2.45) is 0 Å². The highest BCUT2D eigenvalue weighted by Crippen LogP contribution is 2.39. The third-order valence-electron chi connectivity index (χ3n) is 4.89. The van der Waals surface area contributed by atoms with E-state index in [0.717, 1.165) is 24.9 Å². The second-order valence-corrected chi connectivity index (χ2v) is 6.45. The lowest BCUT2D eigenvalue weighted by atomic mass is 9.99. The Hall–Kier alpha value is -1.61. The minimum Gasteiger partial charge on any atom is -0.333 e. The molecule has 4 rings (SSSR count). The predicted molar refractivity (Wildman–Crippen MR) is 84.4 cm³/mol. The zero-order valence-corrected chi connectivity index (χ0v) is 12.5. The van der Waals surface area contributed by atoms with Crippen LogP contribution in [0.25, 0.3) is 0 Å². The van der Waals surface area contributed by atoms with Gasteiger partial charge in [-0.3, -0.25) is 0 Å². The first-order chi connectivity index (χ1) is 10.4. The minimum absolute atomic E-state index is 0.719. The number of benzene rings is 1. The van der Waals surface area contributed by atoms with Gasteiger partial charge in [0, 0.05) is 37.9 Å². The number of likely N-dealkylation sites (tertiary alicyclic amines) is 1. The van der Waals surface area contributed by atoms with Gasteiger partial charge in [-0.25, -0.2) is 4.98 Å². The van der Waals surface area contributed by atoms with Crippen LogP contribution in [-0.2, 0) is 6.54 Å². The van der Waals surface area contributed by atoms with Crippen molar-refractivity contribution in [2.45, 2.75) is 37.6 Å². The summed E-state index contributed by atoms with van der Waals surface area (Å²) in [4.78, 5) is 7.14. The highest BCUT2D eigenvalue weighted by atomic mass is 15.2. The molecule has 0 unspecified atom stereocenters. The van der Waals surface area contributed by atoms with Gasteiger partial charge in [0.15, 0.2) is 0 Å². The van der Waals surface area contributed by atoms with Gasteiger partial charge in [-0.05, 0) is 37.3 Å². The average molecular weight is 281 g/mol. The van der Waals surface area contributed by atoms with Crippen molar-refractivity contribution in [1.29, 1.82) is 0 Å². The lowest BCUT2D eigenvalue weighted by Crippen LogP contribution is -2.25. The third kappa shape index (κ3) is 2.88. The molecule has 2 fully saturated rings. The molecule has 1 saturated carbocycles. The van der Waals surface area contributed by atoms with Crippen LogP contribution in [0.4, 0.5) is 0 Å². The van der Waals surface area contributed by atoms with Crippen molar-refractivity contribution in [3.05, 3.63) is 54.1 Å². The second-order valence-electron chi connectivity index (χ2n) is 6.45. The number of rotatable bonds is 5. The molecule has 0 N–H and O–H groups in total. The first-order valence-electron chi connectivity index (χ1n) is 8.18. The van der Waals surface area contributed by atoms with Crippen LogP contribution in [0.3, 0.4) is 0 Å². The molecule has 1 aliphatic carbocycles. The standard InChI is InChI=1S/C18H23N3/c1-2-4-15(5-3-1)17-8-10-20(14-17)12-13-21-11-9-19-18(21)16-6-7-16/h1-5,9,11,16-17H,6-8,10,12-14H2/t17-/m0/s1. The molecule has 1 aliphatic heterocycles. The molecule has 0 spiro atoms. The highest BCUT2D eigenvalue weighted by Gasteiger charge is 2.28. The van der Waals surface area contributed by atoms with Gasteiger partial charge in [0.05, 0.1) is 0 Å². The zero-order chi connectivity index (χ0) is 14.1. The van der Waals surface area contributed by atoms with Gasteiger partial charge < -0.3 is 9.47 Å². The quantitative estimate of drug-likeness (QED) is 0.839. The largest absolute Gasteiger partial charge is 0.333 e. The number of hydrogen-bond acceptors (Lipinski definition) is 2. The Bertz CT molecular complexity index is 586. The Balaban J connectivity index is 1.33. The van der Waals surface area contributed by atoms with E-state index in [1.54, 1.807) is 0 Å². The topological polar surface area (TPSA) is 21.1 Å². The van der Waals surface area contributed by atoms with Crippen LogP contribution in [-0.4, -0.2) is 34.1 Å². The molecule has 0 radical (unpaired) electrons. The summed E-state index contributed by atoms with van der Waals surface area (Å²) in [7, 11) is 0. The molecule has 110 valence electrons. The summed E-state index contributed by atoms with van der Waals surface area (Å²) < 4.78 is 2.37. The molecule has 2 aliphatic rings. The van der Waals surface area contributed by atoms with Gasteiger partial charge in [0.25, 0.3) is 0 Å². The Morgan fingerprint density at radius 3 is 2.67 bits per heavy atom. The first-order valence-corrected chi connectivity index (χ1v) is 8.18. The second kappa shape index (κ2) is 5.64. The Morgan fingerprint density at radius 1 is 1.00 bits per heavy atom. The fraction of sp³-hybridized carbons (Fsp3) is 0.500. The molecule has 1 saturated heterocycles. The number of aromatic nitrogens is 2. The summed E-state index contributed by atoms with van der Waals surface area (Å²) in [6.07, 6.45) is 8.07.